The number of nitrogens with two attached hydrogens (primary N) is 1. The summed E-state index contributed by atoms with van der Waals surface area (Å²) in [5, 5.41) is 3.80. The van der Waals surface area contributed by atoms with Crippen LogP contribution in [0.4, 0.5) is 0 Å². The van der Waals surface area contributed by atoms with Gasteiger partial charge in [-0.3, -0.25) is 0 Å². The fourth-order valence-electron chi connectivity index (χ4n) is 3.68. The molecule has 3 N–H and O–H groups in total. The van der Waals surface area contributed by atoms with Crippen LogP contribution in [-0.2, 0) is 0 Å². The van der Waals surface area contributed by atoms with Crippen molar-refractivity contribution in [1.82, 2.24) is 5.32 Å². The van der Waals surface area contributed by atoms with Gasteiger partial charge in [0, 0.05) is 12.6 Å². The second-order valence-corrected chi connectivity index (χ2v) is 7.15. The smallest absolute Gasteiger partial charge is 0.0218 e. The molecule has 1 unspecified atom stereocenters. The molecular formula is C17H36N2. The lowest BCUT2D eigenvalue weighted by atomic mass is 9.84. The van der Waals surface area contributed by atoms with Gasteiger partial charge in [-0.25, -0.2) is 0 Å². The highest BCUT2D eigenvalue weighted by molar-refractivity contribution is 4.81. The van der Waals surface area contributed by atoms with Crippen LogP contribution in [0, 0.1) is 23.7 Å². The summed E-state index contributed by atoms with van der Waals surface area (Å²) in [7, 11) is 0. The van der Waals surface area contributed by atoms with Gasteiger partial charge in [-0.2, -0.15) is 0 Å². The molecule has 2 heteroatoms. The van der Waals surface area contributed by atoms with Gasteiger partial charge in [0.25, 0.3) is 0 Å². The van der Waals surface area contributed by atoms with E-state index in [1.807, 2.05) is 0 Å². The summed E-state index contributed by atoms with van der Waals surface area (Å²) >= 11 is 0. The monoisotopic (exact) mass is 268 g/mol. The Hall–Kier alpha value is -0.0800. The zero-order valence-corrected chi connectivity index (χ0v) is 13.6. The van der Waals surface area contributed by atoms with Crippen molar-refractivity contribution in [2.75, 3.05) is 13.1 Å². The maximum atomic E-state index is 6.03. The van der Waals surface area contributed by atoms with Crippen LogP contribution in [0.1, 0.15) is 66.2 Å². The van der Waals surface area contributed by atoms with Crippen molar-refractivity contribution in [2.45, 2.75) is 72.3 Å². The van der Waals surface area contributed by atoms with Crippen molar-refractivity contribution in [1.29, 1.82) is 0 Å². The van der Waals surface area contributed by atoms with Gasteiger partial charge in [-0.1, -0.05) is 53.4 Å². The molecule has 0 heterocycles. The predicted molar refractivity (Wildman–Crippen MR) is 85.2 cm³/mol. The fourth-order valence-corrected chi connectivity index (χ4v) is 3.68. The zero-order valence-electron chi connectivity index (χ0n) is 13.6. The highest BCUT2D eigenvalue weighted by atomic mass is 14.9. The zero-order chi connectivity index (χ0) is 14.3. The van der Waals surface area contributed by atoms with Crippen LogP contribution < -0.4 is 11.1 Å². The summed E-state index contributed by atoms with van der Waals surface area (Å²) in [4.78, 5) is 0. The molecule has 0 spiro atoms. The minimum atomic E-state index is 0.540. The molecule has 1 atom stereocenters. The Balaban J connectivity index is 2.46. The van der Waals surface area contributed by atoms with Crippen molar-refractivity contribution >= 4 is 0 Å². The lowest BCUT2D eigenvalue weighted by Gasteiger charge is -2.31. The molecule has 0 aromatic heterocycles. The second-order valence-electron chi connectivity index (χ2n) is 7.15. The molecule has 0 aliphatic heterocycles. The maximum Gasteiger partial charge on any atom is 0.0218 e. The first kappa shape index (κ1) is 17.0. The van der Waals surface area contributed by atoms with E-state index in [2.05, 4.69) is 33.0 Å². The fraction of sp³-hybridized carbons (Fsp3) is 1.00. The van der Waals surface area contributed by atoms with E-state index in [9.17, 15) is 0 Å². The SMILES string of the molecule is CC(C)C(CNC(CN)C1CCCCCC1)C(C)C. The first-order valence-electron chi connectivity index (χ1n) is 8.49. The lowest BCUT2D eigenvalue weighted by Crippen LogP contribution is -2.45. The molecule has 114 valence electrons. The van der Waals surface area contributed by atoms with E-state index < -0.39 is 0 Å². The molecule has 2 nitrogen and oxygen atoms in total. The molecule has 0 amide bonds. The molecule has 0 saturated heterocycles. The number of nitrogens with one attached hydrogen (secondary N) is 1. The van der Waals surface area contributed by atoms with Gasteiger partial charge in [0.1, 0.15) is 0 Å². The average Bonchev–Trinajstić information content (AvgIpc) is 2.62. The standard InChI is InChI=1S/C17H36N2/c1-13(2)16(14(3)4)12-19-17(11-18)15-9-7-5-6-8-10-15/h13-17,19H,5-12,18H2,1-4H3. The summed E-state index contributed by atoms with van der Waals surface area (Å²) in [6.07, 6.45) is 8.41. The molecule has 1 rings (SSSR count). The highest BCUT2D eigenvalue weighted by Gasteiger charge is 2.24. The Morgan fingerprint density at radius 1 is 0.947 bits per heavy atom. The third kappa shape index (κ3) is 5.83. The van der Waals surface area contributed by atoms with Crippen LogP contribution in [0.25, 0.3) is 0 Å². The summed E-state index contributed by atoms with van der Waals surface area (Å²) in [6.45, 7) is 11.3. The van der Waals surface area contributed by atoms with E-state index in [0.29, 0.717) is 6.04 Å². The Morgan fingerprint density at radius 2 is 1.47 bits per heavy atom. The molecule has 0 bridgehead atoms. The van der Waals surface area contributed by atoms with E-state index in [-0.39, 0.29) is 0 Å². The maximum absolute atomic E-state index is 6.03. The Morgan fingerprint density at radius 3 is 1.89 bits per heavy atom. The molecule has 1 fully saturated rings. The highest BCUT2D eigenvalue weighted by Crippen LogP contribution is 2.26. The summed E-state index contributed by atoms with van der Waals surface area (Å²) in [5.74, 6) is 3.08. The topological polar surface area (TPSA) is 38.0 Å². The minimum absolute atomic E-state index is 0.540. The Bertz CT molecular complexity index is 209. The van der Waals surface area contributed by atoms with Gasteiger partial charge in [0.15, 0.2) is 0 Å². The summed E-state index contributed by atoms with van der Waals surface area (Å²) in [5.41, 5.74) is 6.03. The third-order valence-corrected chi connectivity index (χ3v) is 5.05. The molecule has 19 heavy (non-hydrogen) atoms. The van der Waals surface area contributed by atoms with E-state index in [1.54, 1.807) is 0 Å². The van der Waals surface area contributed by atoms with Crippen molar-refractivity contribution in [3.63, 3.8) is 0 Å². The van der Waals surface area contributed by atoms with Gasteiger partial charge < -0.3 is 11.1 Å². The number of hydrogen-bond acceptors (Lipinski definition) is 2. The quantitative estimate of drug-likeness (QED) is 0.689. The van der Waals surface area contributed by atoms with Crippen LogP contribution in [0.3, 0.4) is 0 Å². The van der Waals surface area contributed by atoms with Gasteiger partial charge in [-0.05, 0) is 43.1 Å². The van der Waals surface area contributed by atoms with Crippen molar-refractivity contribution in [2.24, 2.45) is 29.4 Å². The molecule has 1 aliphatic rings. The van der Waals surface area contributed by atoms with Crippen LogP contribution in [-0.4, -0.2) is 19.1 Å². The van der Waals surface area contributed by atoms with Gasteiger partial charge in [0.2, 0.25) is 0 Å². The molecule has 0 aromatic carbocycles. The first-order valence-corrected chi connectivity index (χ1v) is 8.49. The molecule has 0 aromatic rings. The summed E-state index contributed by atoms with van der Waals surface area (Å²) < 4.78 is 0. The normalized spacial score (nSPS) is 20.2. The number of hydrogen-bond donors (Lipinski definition) is 2. The van der Waals surface area contributed by atoms with Crippen LogP contribution in [0.15, 0.2) is 0 Å². The van der Waals surface area contributed by atoms with Crippen LogP contribution >= 0.6 is 0 Å². The Kier molecular flexibility index (Phi) is 8.01. The van der Waals surface area contributed by atoms with Gasteiger partial charge in [0.05, 0.1) is 0 Å². The average molecular weight is 268 g/mol. The van der Waals surface area contributed by atoms with E-state index >= 15 is 0 Å². The number of rotatable bonds is 7. The van der Waals surface area contributed by atoms with Gasteiger partial charge in [-0.15, -0.1) is 0 Å². The third-order valence-electron chi connectivity index (χ3n) is 5.05. The molecule has 1 saturated carbocycles. The minimum Gasteiger partial charge on any atom is -0.329 e. The van der Waals surface area contributed by atoms with Crippen molar-refractivity contribution in [3.8, 4) is 0 Å². The molecular weight excluding hydrogens is 232 g/mol. The van der Waals surface area contributed by atoms with Gasteiger partial charge >= 0.3 is 0 Å². The van der Waals surface area contributed by atoms with Crippen LogP contribution in [0.5, 0.6) is 0 Å². The van der Waals surface area contributed by atoms with Crippen molar-refractivity contribution in [3.05, 3.63) is 0 Å². The molecule has 0 radical (unpaired) electrons. The predicted octanol–water partition coefficient (Wildman–Crippen LogP) is 3.80. The van der Waals surface area contributed by atoms with E-state index in [1.165, 1.54) is 38.5 Å². The van der Waals surface area contributed by atoms with E-state index in [0.717, 1.165) is 36.8 Å². The summed E-state index contributed by atoms with van der Waals surface area (Å²) in [6, 6.07) is 0.540. The first-order chi connectivity index (χ1) is 9.06. The van der Waals surface area contributed by atoms with Crippen LogP contribution in [0.2, 0.25) is 0 Å². The van der Waals surface area contributed by atoms with Crippen molar-refractivity contribution < 1.29 is 0 Å². The Labute approximate surface area is 120 Å². The van der Waals surface area contributed by atoms with E-state index in [4.69, 9.17) is 5.73 Å². The lowest BCUT2D eigenvalue weighted by molar-refractivity contribution is 0.240. The second kappa shape index (κ2) is 8.97. The molecule has 1 aliphatic carbocycles. The largest absolute Gasteiger partial charge is 0.329 e.